The van der Waals surface area contributed by atoms with Gasteiger partial charge in [-0.05, 0) is 5.56 Å². The van der Waals surface area contributed by atoms with Crippen LogP contribution in [0.5, 0.6) is 0 Å². The van der Waals surface area contributed by atoms with Crippen molar-refractivity contribution in [3.8, 4) is 22.5 Å². The van der Waals surface area contributed by atoms with Crippen molar-refractivity contribution < 1.29 is 4.42 Å². The summed E-state index contributed by atoms with van der Waals surface area (Å²) in [6.07, 6.45) is 0.612. The third-order valence-corrected chi connectivity index (χ3v) is 5.62. The molecule has 6 nitrogen and oxygen atoms in total. The molecule has 7 heteroatoms. The van der Waals surface area contributed by atoms with Gasteiger partial charge in [0.1, 0.15) is 11.4 Å². The highest BCUT2D eigenvalue weighted by Gasteiger charge is 2.15. The van der Waals surface area contributed by atoms with E-state index in [0.29, 0.717) is 29.1 Å². The number of benzene rings is 3. The van der Waals surface area contributed by atoms with Crippen molar-refractivity contribution in [3.05, 3.63) is 108 Å². The Labute approximate surface area is 189 Å². The molecule has 0 aliphatic carbocycles. The summed E-state index contributed by atoms with van der Waals surface area (Å²) in [6.45, 7) is 0. The van der Waals surface area contributed by atoms with E-state index in [1.807, 2.05) is 91.0 Å². The first-order chi connectivity index (χ1) is 15.8. The molecule has 156 valence electrons. The quantitative estimate of drug-likeness (QED) is 0.312. The highest BCUT2D eigenvalue weighted by atomic mass is 32.2. The van der Waals surface area contributed by atoms with E-state index in [0.717, 1.165) is 28.1 Å². The molecule has 0 unspecified atom stereocenters. The van der Waals surface area contributed by atoms with E-state index in [4.69, 9.17) is 9.40 Å². The predicted molar refractivity (Wildman–Crippen MR) is 124 cm³/mol. The summed E-state index contributed by atoms with van der Waals surface area (Å²) in [6, 6.07) is 30.0. The van der Waals surface area contributed by atoms with Crippen molar-refractivity contribution >= 4 is 11.8 Å². The molecule has 0 spiro atoms. The summed E-state index contributed by atoms with van der Waals surface area (Å²) in [5, 5.41) is 17.7. The Kier molecular flexibility index (Phi) is 5.98. The van der Waals surface area contributed by atoms with Crippen molar-refractivity contribution in [3.63, 3.8) is 0 Å². The highest BCUT2D eigenvalue weighted by molar-refractivity contribution is 7.98. The molecule has 2 aromatic heterocycles. The van der Waals surface area contributed by atoms with Gasteiger partial charge in [0, 0.05) is 11.1 Å². The Morgan fingerprint density at radius 1 is 0.594 bits per heavy atom. The molecule has 0 radical (unpaired) electrons. The van der Waals surface area contributed by atoms with E-state index >= 15 is 0 Å². The maximum atomic E-state index is 5.80. The van der Waals surface area contributed by atoms with Crippen molar-refractivity contribution in [2.45, 2.75) is 17.3 Å². The zero-order chi connectivity index (χ0) is 21.6. The van der Waals surface area contributed by atoms with Crippen LogP contribution in [0.15, 0.2) is 101 Å². The molecule has 3 aromatic carbocycles. The zero-order valence-corrected chi connectivity index (χ0v) is 17.9. The first-order valence-electron chi connectivity index (χ1n) is 10.2. The summed E-state index contributed by atoms with van der Waals surface area (Å²) in [5.41, 5.74) is 4.65. The monoisotopic (exact) mass is 437 g/mol. The van der Waals surface area contributed by atoms with Crippen LogP contribution in [-0.2, 0) is 12.2 Å². The Hall–Kier alpha value is -3.84. The van der Waals surface area contributed by atoms with Gasteiger partial charge in [0.05, 0.1) is 12.2 Å². The van der Waals surface area contributed by atoms with Crippen LogP contribution in [-0.4, -0.2) is 25.4 Å². The molecule has 0 amide bonds. The summed E-state index contributed by atoms with van der Waals surface area (Å²) < 4.78 is 5.80. The maximum absolute atomic E-state index is 5.80. The van der Waals surface area contributed by atoms with Gasteiger partial charge < -0.3 is 4.42 Å². The van der Waals surface area contributed by atoms with Crippen molar-refractivity contribution in [2.24, 2.45) is 0 Å². The number of thioether (sulfide) groups is 1. The van der Waals surface area contributed by atoms with E-state index in [-0.39, 0.29) is 0 Å². The van der Waals surface area contributed by atoms with Crippen LogP contribution in [0.1, 0.15) is 17.3 Å². The van der Waals surface area contributed by atoms with Gasteiger partial charge in [-0.1, -0.05) is 103 Å². The minimum absolute atomic E-state index is 0.475. The van der Waals surface area contributed by atoms with Crippen molar-refractivity contribution in [1.82, 2.24) is 25.4 Å². The van der Waals surface area contributed by atoms with Gasteiger partial charge in [0.25, 0.3) is 0 Å². The topological polar surface area (TPSA) is 77.6 Å². The lowest BCUT2D eigenvalue weighted by atomic mass is 10.0. The third-order valence-electron chi connectivity index (χ3n) is 4.79. The number of aromatic nitrogens is 5. The molecule has 0 saturated carbocycles. The minimum atomic E-state index is 0.475. The molecule has 0 aliphatic rings. The predicted octanol–water partition coefficient (Wildman–Crippen LogP) is 5.47. The minimum Gasteiger partial charge on any atom is -0.424 e. The lowest BCUT2D eigenvalue weighted by molar-refractivity contribution is 0.474. The molecule has 0 saturated heterocycles. The second-order valence-electron chi connectivity index (χ2n) is 7.06. The first kappa shape index (κ1) is 20.1. The zero-order valence-electron chi connectivity index (χ0n) is 17.1. The van der Waals surface area contributed by atoms with E-state index in [2.05, 4.69) is 20.4 Å². The van der Waals surface area contributed by atoms with Gasteiger partial charge in [-0.3, -0.25) is 0 Å². The van der Waals surface area contributed by atoms with Crippen molar-refractivity contribution in [2.75, 3.05) is 0 Å². The van der Waals surface area contributed by atoms with Crippen LogP contribution in [0.4, 0.5) is 0 Å². The normalized spacial score (nSPS) is 10.9. The van der Waals surface area contributed by atoms with Crippen LogP contribution in [0.2, 0.25) is 0 Å². The number of nitrogens with zero attached hydrogens (tertiary/aromatic N) is 5. The second-order valence-corrected chi connectivity index (χ2v) is 8.01. The smallest absolute Gasteiger partial charge is 0.226 e. The molecule has 0 atom stereocenters. The standard InChI is InChI=1S/C25H19N5OS/c1-4-10-18(11-5-1)16-21-27-28-22(31-21)17-32-25-26-23(19-12-6-2-7-13-19)24(29-30-25)20-14-8-3-9-15-20/h1-15H,16-17H2. The fraction of sp³-hybridized carbons (Fsp3) is 0.0800. The average molecular weight is 438 g/mol. The molecule has 0 fully saturated rings. The van der Waals surface area contributed by atoms with Gasteiger partial charge in [-0.2, -0.15) is 0 Å². The lowest BCUT2D eigenvalue weighted by Crippen LogP contribution is -1.99. The highest BCUT2D eigenvalue weighted by Crippen LogP contribution is 2.30. The first-order valence-corrected chi connectivity index (χ1v) is 11.2. The molecule has 5 aromatic rings. The molecule has 0 N–H and O–H groups in total. The van der Waals surface area contributed by atoms with E-state index in [9.17, 15) is 0 Å². The summed E-state index contributed by atoms with van der Waals surface area (Å²) >= 11 is 1.42. The molecule has 5 rings (SSSR count). The fourth-order valence-corrected chi connectivity index (χ4v) is 3.90. The Balaban J connectivity index is 1.36. The molecule has 0 aliphatic heterocycles. The molecule has 2 heterocycles. The SMILES string of the molecule is c1ccc(Cc2nnc(CSc3nnc(-c4ccccc4)c(-c4ccccc4)n3)o2)cc1. The van der Waals surface area contributed by atoms with Gasteiger partial charge in [0.2, 0.25) is 16.9 Å². The van der Waals surface area contributed by atoms with Crippen LogP contribution in [0.3, 0.4) is 0 Å². The largest absolute Gasteiger partial charge is 0.424 e. The van der Waals surface area contributed by atoms with Crippen LogP contribution in [0, 0.1) is 0 Å². The fourth-order valence-electron chi connectivity index (χ4n) is 3.27. The Bertz CT molecular complexity index is 1290. The second kappa shape index (κ2) is 9.53. The van der Waals surface area contributed by atoms with E-state index < -0.39 is 0 Å². The van der Waals surface area contributed by atoms with Gasteiger partial charge in [-0.15, -0.1) is 20.4 Å². The number of hydrogen-bond acceptors (Lipinski definition) is 7. The lowest BCUT2D eigenvalue weighted by Gasteiger charge is -2.09. The number of rotatable bonds is 7. The molecule has 32 heavy (non-hydrogen) atoms. The molecular weight excluding hydrogens is 418 g/mol. The maximum Gasteiger partial charge on any atom is 0.226 e. The summed E-state index contributed by atoms with van der Waals surface area (Å²) in [4.78, 5) is 4.81. The van der Waals surface area contributed by atoms with Crippen molar-refractivity contribution in [1.29, 1.82) is 0 Å². The Morgan fingerprint density at radius 2 is 1.19 bits per heavy atom. The van der Waals surface area contributed by atoms with Crippen LogP contribution >= 0.6 is 11.8 Å². The molecule has 0 bridgehead atoms. The van der Waals surface area contributed by atoms with Crippen LogP contribution in [0.25, 0.3) is 22.5 Å². The number of hydrogen-bond donors (Lipinski definition) is 0. The summed E-state index contributed by atoms with van der Waals surface area (Å²) in [7, 11) is 0. The average Bonchev–Trinajstić information content (AvgIpc) is 3.31. The van der Waals surface area contributed by atoms with Crippen LogP contribution < -0.4 is 0 Å². The van der Waals surface area contributed by atoms with Gasteiger partial charge in [-0.25, -0.2) is 4.98 Å². The Morgan fingerprint density at radius 3 is 1.88 bits per heavy atom. The van der Waals surface area contributed by atoms with E-state index in [1.54, 1.807) is 0 Å². The van der Waals surface area contributed by atoms with Gasteiger partial charge in [0.15, 0.2) is 0 Å². The van der Waals surface area contributed by atoms with Gasteiger partial charge >= 0.3 is 0 Å². The summed E-state index contributed by atoms with van der Waals surface area (Å²) in [5.74, 6) is 1.61. The van der Waals surface area contributed by atoms with E-state index in [1.165, 1.54) is 11.8 Å². The molecular formula is C25H19N5OS. The third kappa shape index (κ3) is 4.73.